The van der Waals surface area contributed by atoms with E-state index in [0.717, 1.165) is 11.1 Å². The van der Waals surface area contributed by atoms with Crippen LogP contribution in [0.2, 0.25) is 0 Å². The van der Waals surface area contributed by atoms with Crippen LogP contribution in [0.15, 0.2) is 24.3 Å². The summed E-state index contributed by atoms with van der Waals surface area (Å²) in [6.07, 6.45) is -0.118. The van der Waals surface area contributed by atoms with Gasteiger partial charge < -0.3 is 10.1 Å². The molecule has 1 unspecified atom stereocenters. The molecule has 1 aliphatic rings. The van der Waals surface area contributed by atoms with Crippen molar-refractivity contribution in [2.45, 2.75) is 52.2 Å². The highest BCUT2D eigenvalue weighted by atomic mass is 16.6. The van der Waals surface area contributed by atoms with E-state index in [4.69, 9.17) is 4.74 Å². The highest BCUT2D eigenvalue weighted by Crippen LogP contribution is 2.22. The zero-order chi connectivity index (χ0) is 17.9. The molecule has 1 heterocycles. The number of nitrogens with zero attached hydrogens (tertiary/aromatic N) is 1. The van der Waals surface area contributed by atoms with E-state index in [-0.39, 0.29) is 31.2 Å². The van der Waals surface area contributed by atoms with Crippen LogP contribution in [0.5, 0.6) is 0 Å². The predicted octanol–water partition coefficient (Wildman–Crippen LogP) is 2.71. The lowest BCUT2D eigenvalue weighted by Gasteiger charge is -2.27. The van der Waals surface area contributed by atoms with Crippen LogP contribution in [-0.2, 0) is 14.3 Å². The number of amides is 3. The van der Waals surface area contributed by atoms with Crippen LogP contribution >= 0.6 is 0 Å². The second-order valence-corrected chi connectivity index (χ2v) is 6.95. The van der Waals surface area contributed by atoms with Crippen molar-refractivity contribution in [3.05, 3.63) is 35.4 Å². The van der Waals surface area contributed by atoms with Gasteiger partial charge in [-0.2, -0.15) is 0 Å². The van der Waals surface area contributed by atoms with Gasteiger partial charge in [0.25, 0.3) is 0 Å². The molecule has 0 aromatic heterocycles. The highest BCUT2D eigenvalue weighted by molar-refractivity contribution is 6.02. The molecule has 0 radical (unpaired) electrons. The minimum atomic E-state index is -0.625. The van der Waals surface area contributed by atoms with Crippen molar-refractivity contribution < 1.29 is 19.1 Å². The quantitative estimate of drug-likeness (QED) is 0.860. The SMILES string of the molecule is Cc1ccccc1C(CN1C(=O)CCC1=O)NC(=O)OC(C)(C)C. The fourth-order valence-corrected chi connectivity index (χ4v) is 2.66. The zero-order valence-corrected chi connectivity index (χ0v) is 14.6. The first-order valence-electron chi connectivity index (χ1n) is 8.05. The van der Waals surface area contributed by atoms with Gasteiger partial charge in [0.05, 0.1) is 12.6 Å². The Balaban J connectivity index is 2.22. The molecule has 1 aromatic rings. The van der Waals surface area contributed by atoms with Crippen molar-refractivity contribution in [1.29, 1.82) is 0 Å². The molecule has 1 aliphatic heterocycles. The summed E-state index contributed by atoms with van der Waals surface area (Å²) in [4.78, 5) is 37.2. The minimum Gasteiger partial charge on any atom is -0.444 e. The molecule has 1 saturated heterocycles. The third-order valence-electron chi connectivity index (χ3n) is 3.77. The number of alkyl carbamates (subject to hydrolysis) is 1. The summed E-state index contributed by atoms with van der Waals surface area (Å²) >= 11 is 0. The van der Waals surface area contributed by atoms with Gasteiger partial charge in [-0.25, -0.2) is 4.79 Å². The zero-order valence-electron chi connectivity index (χ0n) is 14.6. The average Bonchev–Trinajstić information content (AvgIpc) is 2.77. The molecule has 1 atom stereocenters. The Bertz CT molecular complexity index is 633. The molecular formula is C18H24N2O4. The summed E-state index contributed by atoms with van der Waals surface area (Å²) in [5, 5.41) is 2.79. The maximum absolute atomic E-state index is 12.2. The molecule has 2 rings (SSSR count). The van der Waals surface area contributed by atoms with Gasteiger partial charge in [-0.1, -0.05) is 24.3 Å². The van der Waals surface area contributed by atoms with Crippen LogP contribution in [-0.4, -0.2) is 35.0 Å². The summed E-state index contributed by atoms with van der Waals surface area (Å²) in [6.45, 7) is 7.38. The van der Waals surface area contributed by atoms with Gasteiger partial charge in [0.15, 0.2) is 0 Å². The first-order valence-corrected chi connectivity index (χ1v) is 8.05. The van der Waals surface area contributed by atoms with Crippen LogP contribution in [0.1, 0.15) is 50.8 Å². The predicted molar refractivity (Wildman–Crippen MR) is 89.2 cm³/mol. The largest absolute Gasteiger partial charge is 0.444 e. The normalized spacial score (nSPS) is 16.2. The maximum Gasteiger partial charge on any atom is 0.408 e. The third kappa shape index (κ3) is 4.57. The molecular weight excluding hydrogens is 308 g/mol. The topological polar surface area (TPSA) is 75.7 Å². The second-order valence-electron chi connectivity index (χ2n) is 6.95. The lowest BCUT2D eigenvalue weighted by molar-refractivity contribution is -0.138. The van der Waals surface area contributed by atoms with E-state index in [2.05, 4.69) is 5.32 Å². The highest BCUT2D eigenvalue weighted by Gasteiger charge is 2.32. The Kier molecular flexibility index (Phi) is 5.26. The van der Waals surface area contributed by atoms with E-state index in [9.17, 15) is 14.4 Å². The molecule has 6 nitrogen and oxygen atoms in total. The lowest BCUT2D eigenvalue weighted by atomic mass is 10.0. The molecule has 0 saturated carbocycles. The van der Waals surface area contributed by atoms with E-state index in [1.807, 2.05) is 31.2 Å². The van der Waals surface area contributed by atoms with Gasteiger partial charge in [0.2, 0.25) is 11.8 Å². The minimum absolute atomic E-state index is 0.113. The van der Waals surface area contributed by atoms with Crippen LogP contribution in [0.4, 0.5) is 4.79 Å². The average molecular weight is 332 g/mol. The molecule has 1 aromatic carbocycles. The van der Waals surface area contributed by atoms with Crippen molar-refractivity contribution in [3.63, 3.8) is 0 Å². The van der Waals surface area contributed by atoms with Gasteiger partial charge in [0, 0.05) is 12.8 Å². The number of carbonyl (C=O) groups is 3. The van der Waals surface area contributed by atoms with Crippen LogP contribution in [0, 0.1) is 6.92 Å². The van der Waals surface area contributed by atoms with Crippen LogP contribution < -0.4 is 5.32 Å². The summed E-state index contributed by atoms with van der Waals surface area (Å²) in [6, 6.07) is 7.05. The number of likely N-dealkylation sites (tertiary alicyclic amines) is 1. The second kappa shape index (κ2) is 7.03. The number of imide groups is 1. The Morgan fingerprint density at radius 1 is 1.21 bits per heavy atom. The number of rotatable bonds is 4. The summed E-state index contributed by atoms with van der Waals surface area (Å²) < 4.78 is 5.31. The molecule has 0 spiro atoms. The van der Waals surface area contributed by atoms with E-state index >= 15 is 0 Å². The number of nitrogens with one attached hydrogen (secondary N) is 1. The van der Waals surface area contributed by atoms with E-state index in [1.54, 1.807) is 20.8 Å². The van der Waals surface area contributed by atoms with E-state index < -0.39 is 17.7 Å². The molecule has 0 aliphatic carbocycles. The maximum atomic E-state index is 12.2. The van der Waals surface area contributed by atoms with Crippen molar-refractivity contribution in [2.75, 3.05) is 6.54 Å². The smallest absolute Gasteiger partial charge is 0.408 e. The third-order valence-corrected chi connectivity index (χ3v) is 3.77. The number of ether oxygens (including phenoxy) is 1. The fraction of sp³-hybridized carbons (Fsp3) is 0.500. The molecule has 3 amide bonds. The molecule has 1 fully saturated rings. The van der Waals surface area contributed by atoms with Crippen molar-refractivity contribution in [2.24, 2.45) is 0 Å². The molecule has 130 valence electrons. The standard InChI is InChI=1S/C18H24N2O4/c1-12-7-5-6-8-13(12)14(19-17(23)24-18(2,3)4)11-20-15(21)9-10-16(20)22/h5-8,14H,9-11H2,1-4H3,(H,19,23). The van der Waals surface area contributed by atoms with Gasteiger partial charge in [-0.3, -0.25) is 14.5 Å². The van der Waals surface area contributed by atoms with Gasteiger partial charge in [0.1, 0.15) is 5.60 Å². The van der Waals surface area contributed by atoms with Crippen molar-refractivity contribution in [3.8, 4) is 0 Å². The van der Waals surface area contributed by atoms with Gasteiger partial charge >= 0.3 is 6.09 Å². The first-order chi connectivity index (χ1) is 11.2. The van der Waals surface area contributed by atoms with E-state index in [1.165, 1.54) is 4.90 Å². The molecule has 1 N–H and O–H groups in total. The number of aryl methyl sites for hydroxylation is 1. The van der Waals surface area contributed by atoms with Crippen LogP contribution in [0.3, 0.4) is 0 Å². The number of benzene rings is 1. The Morgan fingerprint density at radius 2 is 1.79 bits per heavy atom. The van der Waals surface area contributed by atoms with Crippen LogP contribution in [0.25, 0.3) is 0 Å². The van der Waals surface area contributed by atoms with Crippen molar-refractivity contribution in [1.82, 2.24) is 10.2 Å². The summed E-state index contributed by atoms with van der Waals surface area (Å²) in [5.41, 5.74) is 1.20. The number of hydrogen-bond donors (Lipinski definition) is 1. The Labute approximate surface area is 142 Å². The number of carbonyl (C=O) groups excluding carboxylic acids is 3. The molecule has 6 heteroatoms. The fourth-order valence-electron chi connectivity index (χ4n) is 2.66. The first kappa shape index (κ1) is 18.0. The number of hydrogen-bond acceptors (Lipinski definition) is 4. The monoisotopic (exact) mass is 332 g/mol. The molecule has 0 bridgehead atoms. The Hall–Kier alpha value is -2.37. The van der Waals surface area contributed by atoms with Gasteiger partial charge in [-0.05, 0) is 38.8 Å². The lowest BCUT2D eigenvalue weighted by Crippen LogP contribution is -2.42. The Morgan fingerprint density at radius 3 is 2.33 bits per heavy atom. The van der Waals surface area contributed by atoms with Crippen molar-refractivity contribution >= 4 is 17.9 Å². The van der Waals surface area contributed by atoms with E-state index in [0.29, 0.717) is 0 Å². The summed E-state index contributed by atoms with van der Waals surface area (Å²) in [7, 11) is 0. The van der Waals surface area contributed by atoms with Gasteiger partial charge in [-0.15, -0.1) is 0 Å². The molecule has 24 heavy (non-hydrogen) atoms. The summed E-state index contributed by atoms with van der Waals surface area (Å²) in [5.74, 6) is -0.408.